The molecule has 0 atom stereocenters. The Kier molecular flexibility index (Phi) is 13.8. The molecule has 0 amide bonds. The molecule has 6 N–H and O–H groups in total. The second kappa shape index (κ2) is 17.0. The first-order chi connectivity index (χ1) is 21.9. The summed E-state index contributed by atoms with van der Waals surface area (Å²) in [7, 11) is 0. The molecule has 1 saturated heterocycles. The normalized spacial score (nSPS) is 14.0. The largest absolute Gasteiger partial charge is 0.490 e. The highest BCUT2D eigenvalue weighted by atomic mass is 19.4. The second-order valence-electron chi connectivity index (χ2n) is 10.0. The predicted octanol–water partition coefficient (Wildman–Crippen LogP) is 4.68. The molecule has 1 aliphatic heterocycles. The van der Waals surface area contributed by atoms with E-state index in [1.54, 1.807) is 42.5 Å². The number of carboxylic acid groups (broad SMARTS) is 2. The Morgan fingerprint density at radius 2 is 1.28 bits per heavy atom. The van der Waals surface area contributed by atoms with E-state index in [0.717, 1.165) is 31.5 Å². The maximum atomic E-state index is 12.4. The van der Waals surface area contributed by atoms with Gasteiger partial charge in [0.15, 0.2) is 11.5 Å². The van der Waals surface area contributed by atoms with Crippen LogP contribution in [-0.4, -0.2) is 90.0 Å². The fraction of sp³-hybridized carbons (Fsp3) is 0.414. The van der Waals surface area contributed by atoms with Crippen LogP contribution in [0.3, 0.4) is 0 Å². The van der Waals surface area contributed by atoms with E-state index in [1.165, 1.54) is 12.8 Å². The summed E-state index contributed by atoms with van der Waals surface area (Å²) in [6, 6.07) is 12.1. The highest BCUT2D eigenvalue weighted by molar-refractivity contribution is 5.98. The number of nitrogens with zero attached hydrogens (tertiary/aromatic N) is 1. The number of hydrogen-bond acceptors (Lipinski definition) is 8. The molecular weight excluding hydrogens is 646 g/mol. The van der Waals surface area contributed by atoms with Crippen LogP contribution in [-0.2, 0) is 14.3 Å². The fourth-order valence-corrected chi connectivity index (χ4v) is 3.66. The zero-order valence-corrected chi connectivity index (χ0v) is 24.6. The molecule has 12 nitrogen and oxygen atoms in total. The van der Waals surface area contributed by atoms with Gasteiger partial charge in [0.25, 0.3) is 0 Å². The summed E-state index contributed by atoms with van der Waals surface area (Å²) in [6.45, 7) is 2.66. The average Bonchev–Trinajstić information content (AvgIpc) is 3.67. The first kappa shape index (κ1) is 38.2. The van der Waals surface area contributed by atoms with Gasteiger partial charge in [-0.05, 0) is 61.9 Å². The maximum absolute atomic E-state index is 12.4. The van der Waals surface area contributed by atoms with E-state index >= 15 is 0 Å². The van der Waals surface area contributed by atoms with E-state index in [9.17, 15) is 31.1 Å². The zero-order chi connectivity index (χ0) is 35.4. The van der Waals surface area contributed by atoms with Gasteiger partial charge >= 0.3 is 30.3 Å². The molecule has 47 heavy (non-hydrogen) atoms. The number of ether oxygens (including phenoxy) is 3. The van der Waals surface area contributed by atoms with Crippen LogP contribution in [0.4, 0.5) is 26.3 Å². The van der Waals surface area contributed by atoms with Crippen molar-refractivity contribution >= 4 is 29.6 Å². The number of alkyl halides is 6. The lowest BCUT2D eigenvalue weighted by molar-refractivity contribution is -0.193. The van der Waals surface area contributed by atoms with Gasteiger partial charge in [0.1, 0.15) is 24.9 Å². The van der Waals surface area contributed by atoms with Gasteiger partial charge < -0.3 is 35.1 Å². The molecule has 1 aliphatic carbocycles. The lowest BCUT2D eigenvalue weighted by Crippen LogP contribution is -2.27. The number of halogens is 6. The van der Waals surface area contributed by atoms with Crippen LogP contribution in [0, 0.1) is 16.7 Å². The Hall–Kier alpha value is -5.03. The van der Waals surface area contributed by atoms with E-state index in [0.29, 0.717) is 41.0 Å². The third kappa shape index (κ3) is 13.5. The third-order valence-electron chi connectivity index (χ3n) is 6.30. The summed E-state index contributed by atoms with van der Waals surface area (Å²) in [5, 5.41) is 30.2. The van der Waals surface area contributed by atoms with Crippen molar-refractivity contribution in [2.24, 2.45) is 11.7 Å². The summed E-state index contributed by atoms with van der Waals surface area (Å²) in [5.41, 5.74) is 7.36. The number of hydrogen-bond donors (Lipinski definition) is 5. The Bertz CT molecular complexity index is 1380. The average molecular weight is 679 g/mol. The first-order valence-electron chi connectivity index (χ1n) is 13.9. The number of nitrogens with one attached hydrogen (secondary N) is 2. The highest BCUT2D eigenvalue weighted by Gasteiger charge is 2.38. The van der Waals surface area contributed by atoms with E-state index in [-0.39, 0.29) is 19.0 Å². The Balaban J connectivity index is 0.000000459. The number of rotatable bonds is 10. The lowest BCUT2D eigenvalue weighted by Gasteiger charge is -2.18. The molecule has 1 saturated carbocycles. The maximum Gasteiger partial charge on any atom is 0.490 e. The SMILES string of the molecule is N=C(N)c1ccc(OCC2CC2)c(OCCOC(=O)c2ccc(C(=N)N3CCCC3)cc2)c1.O=C(O)C(F)(F)F.O=C(O)C(F)(F)F. The van der Waals surface area contributed by atoms with Gasteiger partial charge in [-0.25, -0.2) is 14.4 Å². The number of carbonyl (C=O) groups is 3. The van der Waals surface area contributed by atoms with Crippen molar-refractivity contribution in [2.75, 3.05) is 32.9 Å². The van der Waals surface area contributed by atoms with Gasteiger partial charge in [-0.2, -0.15) is 26.3 Å². The summed E-state index contributed by atoms with van der Waals surface area (Å²) >= 11 is 0. The molecule has 2 aromatic carbocycles. The summed E-state index contributed by atoms with van der Waals surface area (Å²) < 4.78 is 80.4. The molecule has 0 bridgehead atoms. The third-order valence-corrected chi connectivity index (χ3v) is 6.30. The first-order valence-corrected chi connectivity index (χ1v) is 13.9. The van der Waals surface area contributed by atoms with Crippen molar-refractivity contribution in [1.29, 1.82) is 10.8 Å². The molecule has 2 aliphatic rings. The van der Waals surface area contributed by atoms with Crippen molar-refractivity contribution in [1.82, 2.24) is 4.90 Å². The van der Waals surface area contributed by atoms with Crippen molar-refractivity contribution in [3.63, 3.8) is 0 Å². The van der Waals surface area contributed by atoms with Crippen LogP contribution in [0.15, 0.2) is 42.5 Å². The van der Waals surface area contributed by atoms with Crippen LogP contribution in [0.2, 0.25) is 0 Å². The van der Waals surface area contributed by atoms with E-state index in [2.05, 4.69) is 0 Å². The van der Waals surface area contributed by atoms with Crippen LogP contribution in [0.25, 0.3) is 0 Å². The number of nitrogens with two attached hydrogens (primary N) is 1. The molecule has 0 spiro atoms. The van der Waals surface area contributed by atoms with Crippen molar-refractivity contribution in [3.05, 3.63) is 59.2 Å². The minimum absolute atomic E-state index is 0.0544. The molecule has 2 fully saturated rings. The minimum Gasteiger partial charge on any atom is -0.489 e. The van der Waals surface area contributed by atoms with Crippen molar-refractivity contribution in [3.8, 4) is 11.5 Å². The van der Waals surface area contributed by atoms with E-state index in [4.69, 9.17) is 50.6 Å². The number of benzene rings is 2. The number of carbonyl (C=O) groups excluding carboxylic acids is 1. The smallest absolute Gasteiger partial charge is 0.489 e. The Morgan fingerprint density at radius 1 is 0.787 bits per heavy atom. The molecule has 0 unspecified atom stereocenters. The minimum atomic E-state index is -5.08. The van der Waals surface area contributed by atoms with Crippen LogP contribution in [0.1, 0.15) is 47.2 Å². The topological polar surface area (TPSA) is 196 Å². The molecule has 1 heterocycles. The number of amidine groups is 2. The second-order valence-corrected chi connectivity index (χ2v) is 10.0. The fourth-order valence-electron chi connectivity index (χ4n) is 3.66. The monoisotopic (exact) mass is 678 g/mol. The summed E-state index contributed by atoms with van der Waals surface area (Å²) in [6.07, 6.45) is -5.58. The summed E-state index contributed by atoms with van der Waals surface area (Å²) in [4.78, 5) is 32.2. The van der Waals surface area contributed by atoms with Gasteiger partial charge in [-0.1, -0.05) is 12.1 Å². The Labute approximate surface area is 264 Å². The van der Waals surface area contributed by atoms with Crippen LogP contribution in [0.5, 0.6) is 11.5 Å². The van der Waals surface area contributed by atoms with Gasteiger partial charge in [0.05, 0.1) is 12.2 Å². The molecule has 0 radical (unpaired) electrons. The van der Waals surface area contributed by atoms with E-state index < -0.39 is 30.3 Å². The van der Waals surface area contributed by atoms with Gasteiger partial charge in [-0.15, -0.1) is 0 Å². The molecule has 4 rings (SSSR count). The number of likely N-dealkylation sites (tertiary alicyclic amines) is 1. The van der Waals surface area contributed by atoms with Crippen LogP contribution < -0.4 is 15.2 Å². The Morgan fingerprint density at radius 3 is 1.74 bits per heavy atom. The number of nitrogen functional groups attached to an aromatic ring is 1. The molecule has 2 aromatic rings. The predicted molar refractivity (Wildman–Crippen MR) is 153 cm³/mol. The summed E-state index contributed by atoms with van der Waals surface area (Å²) in [5.74, 6) is -3.86. The standard InChI is InChI=1S/C25H30N4O4.2C2HF3O2/c26-23(27)20-9-10-21(33-16-17-3-4-17)22(15-20)31-13-14-32-25(30)19-7-5-18(6-8-19)24(28)29-11-1-2-12-29;2*3-2(4,5)1(6)7/h5-10,15,17,28H,1-4,11-14,16H2,(H3,26,27);2*(H,6,7). The molecule has 18 heteroatoms. The molecule has 258 valence electrons. The van der Waals surface area contributed by atoms with E-state index in [1.807, 2.05) is 4.90 Å². The van der Waals surface area contributed by atoms with Gasteiger partial charge in [0, 0.05) is 24.2 Å². The zero-order valence-electron chi connectivity index (χ0n) is 24.6. The van der Waals surface area contributed by atoms with Gasteiger partial charge in [0.2, 0.25) is 0 Å². The highest BCUT2D eigenvalue weighted by Crippen LogP contribution is 2.33. The molecular formula is C29H32F6N4O8. The number of carboxylic acids is 2. The number of esters is 1. The van der Waals surface area contributed by atoms with Gasteiger partial charge in [-0.3, -0.25) is 10.8 Å². The van der Waals surface area contributed by atoms with Crippen molar-refractivity contribution < 1.29 is 65.1 Å². The quantitative estimate of drug-likeness (QED) is 0.0774. The van der Waals surface area contributed by atoms with Crippen molar-refractivity contribution in [2.45, 2.75) is 38.0 Å². The van der Waals surface area contributed by atoms with Crippen LogP contribution >= 0.6 is 0 Å². The lowest BCUT2D eigenvalue weighted by atomic mass is 10.1. The number of aliphatic carboxylic acids is 2. The molecule has 0 aromatic heterocycles.